The molecular weight excluding hydrogens is 330 g/mol. The number of alkyl halides is 1. The summed E-state index contributed by atoms with van der Waals surface area (Å²) in [6.07, 6.45) is 3.40. The van der Waals surface area contributed by atoms with Gasteiger partial charge < -0.3 is 14.8 Å². The van der Waals surface area contributed by atoms with E-state index in [9.17, 15) is 14.4 Å². The van der Waals surface area contributed by atoms with E-state index in [4.69, 9.17) is 9.47 Å². The molecule has 114 valence electrons. The van der Waals surface area contributed by atoms with Gasteiger partial charge in [0.05, 0.1) is 13.2 Å². The van der Waals surface area contributed by atoms with Crippen molar-refractivity contribution < 1.29 is 23.9 Å². The van der Waals surface area contributed by atoms with E-state index in [0.29, 0.717) is 31.2 Å². The van der Waals surface area contributed by atoms with Crippen molar-refractivity contribution in [2.45, 2.75) is 32.7 Å². The molecule has 6 nitrogen and oxygen atoms in total. The number of amides is 1. The van der Waals surface area contributed by atoms with E-state index in [1.165, 1.54) is 6.92 Å². The van der Waals surface area contributed by atoms with Crippen LogP contribution in [0.25, 0.3) is 0 Å². The van der Waals surface area contributed by atoms with Crippen LogP contribution in [0.15, 0.2) is 11.6 Å². The molecule has 0 saturated heterocycles. The van der Waals surface area contributed by atoms with Gasteiger partial charge in [-0.1, -0.05) is 27.6 Å². The second-order valence-electron chi connectivity index (χ2n) is 3.92. The van der Waals surface area contributed by atoms with Crippen LogP contribution < -0.4 is 5.32 Å². The fourth-order valence-electron chi connectivity index (χ4n) is 1.44. The number of hydrogen-bond donors (Lipinski definition) is 1. The van der Waals surface area contributed by atoms with Crippen LogP contribution in [0.2, 0.25) is 0 Å². The first-order valence-corrected chi connectivity index (χ1v) is 7.42. The second kappa shape index (κ2) is 11.5. The van der Waals surface area contributed by atoms with E-state index in [2.05, 4.69) is 21.2 Å². The summed E-state index contributed by atoms with van der Waals surface area (Å²) in [6.45, 7) is 3.63. The van der Waals surface area contributed by atoms with E-state index >= 15 is 0 Å². The van der Waals surface area contributed by atoms with Crippen molar-refractivity contribution in [3.63, 3.8) is 0 Å². The van der Waals surface area contributed by atoms with E-state index in [0.717, 1.165) is 5.57 Å². The Labute approximate surface area is 127 Å². The highest BCUT2D eigenvalue weighted by atomic mass is 79.9. The molecule has 0 saturated carbocycles. The minimum Gasteiger partial charge on any atom is -0.466 e. The van der Waals surface area contributed by atoms with Crippen LogP contribution in [-0.2, 0) is 23.9 Å². The predicted molar refractivity (Wildman–Crippen MR) is 77.4 cm³/mol. The molecule has 1 amide bonds. The molecular formula is C13H20BrNO5. The molecule has 0 bridgehead atoms. The summed E-state index contributed by atoms with van der Waals surface area (Å²) in [5.41, 5.74) is 0.921. The Bertz CT molecular complexity index is 357. The van der Waals surface area contributed by atoms with Gasteiger partial charge in [0, 0.05) is 12.3 Å². The third-order valence-corrected chi connectivity index (χ3v) is 3.03. The molecule has 1 N–H and O–H groups in total. The Morgan fingerprint density at radius 3 is 2.55 bits per heavy atom. The zero-order valence-corrected chi connectivity index (χ0v) is 13.3. The van der Waals surface area contributed by atoms with Crippen LogP contribution in [-0.4, -0.2) is 42.9 Å². The van der Waals surface area contributed by atoms with Crippen molar-refractivity contribution in [1.82, 2.24) is 5.32 Å². The largest absolute Gasteiger partial charge is 0.466 e. The summed E-state index contributed by atoms with van der Waals surface area (Å²) in [7, 11) is 0. The molecule has 1 unspecified atom stereocenters. The van der Waals surface area contributed by atoms with Gasteiger partial charge >= 0.3 is 11.9 Å². The van der Waals surface area contributed by atoms with E-state index in [1.807, 2.05) is 0 Å². The maximum absolute atomic E-state index is 11.6. The Kier molecular flexibility index (Phi) is 10.7. The molecule has 7 heteroatoms. The van der Waals surface area contributed by atoms with Crippen LogP contribution in [0.3, 0.4) is 0 Å². The number of carbonyl (C=O) groups is 3. The molecule has 0 aliphatic heterocycles. The highest BCUT2D eigenvalue weighted by Gasteiger charge is 2.16. The third kappa shape index (κ3) is 8.68. The summed E-state index contributed by atoms with van der Waals surface area (Å²) < 4.78 is 9.70. The van der Waals surface area contributed by atoms with Gasteiger partial charge in [-0.25, -0.2) is 4.79 Å². The maximum atomic E-state index is 11.6. The monoisotopic (exact) mass is 349 g/mol. The van der Waals surface area contributed by atoms with Crippen LogP contribution in [0.4, 0.5) is 0 Å². The summed E-state index contributed by atoms with van der Waals surface area (Å²) >= 11 is 3.32. The van der Waals surface area contributed by atoms with Crippen molar-refractivity contribution in [3.05, 3.63) is 11.6 Å². The number of nitrogens with one attached hydrogen (secondary N) is 1. The molecule has 0 aromatic heterocycles. The van der Waals surface area contributed by atoms with Crippen molar-refractivity contribution in [3.8, 4) is 0 Å². The second-order valence-corrected chi connectivity index (χ2v) is 4.48. The summed E-state index contributed by atoms with van der Waals surface area (Å²) in [5.74, 6) is -0.820. The zero-order valence-electron chi connectivity index (χ0n) is 11.7. The predicted octanol–water partition coefficient (Wildman–Crippen LogP) is 1.33. The van der Waals surface area contributed by atoms with E-state index in [1.54, 1.807) is 13.0 Å². The standard InChI is InChI=1S/C13H20BrNO5/c1-3-19-13(18)12(15-9-16)7-11(8-14)5-4-6-20-10(2)17/h7,9,12H,3-6,8H2,1-2H3,(H,15,16)/b11-7-. The molecule has 0 spiro atoms. The molecule has 0 aliphatic carbocycles. The maximum Gasteiger partial charge on any atom is 0.332 e. The summed E-state index contributed by atoms with van der Waals surface area (Å²) in [4.78, 5) is 32.8. The average molecular weight is 350 g/mol. The first kappa shape index (κ1) is 18.6. The quantitative estimate of drug-likeness (QED) is 0.211. The fraction of sp³-hybridized carbons (Fsp3) is 0.615. The normalized spacial score (nSPS) is 12.4. The van der Waals surface area contributed by atoms with Crippen LogP contribution in [0.5, 0.6) is 0 Å². The van der Waals surface area contributed by atoms with Gasteiger partial charge in [-0.2, -0.15) is 0 Å². The molecule has 1 atom stereocenters. The molecule has 20 heavy (non-hydrogen) atoms. The van der Waals surface area contributed by atoms with E-state index < -0.39 is 12.0 Å². The lowest BCUT2D eigenvalue weighted by atomic mass is 10.1. The van der Waals surface area contributed by atoms with Crippen molar-refractivity contribution in [2.24, 2.45) is 0 Å². The molecule has 0 heterocycles. The number of esters is 2. The van der Waals surface area contributed by atoms with Gasteiger partial charge in [-0.05, 0) is 19.8 Å². The van der Waals surface area contributed by atoms with Crippen LogP contribution in [0, 0.1) is 0 Å². The van der Waals surface area contributed by atoms with Gasteiger partial charge in [0.25, 0.3) is 0 Å². The molecule has 0 radical (unpaired) electrons. The van der Waals surface area contributed by atoms with Crippen LogP contribution in [0.1, 0.15) is 26.7 Å². The number of ether oxygens (including phenoxy) is 2. The van der Waals surface area contributed by atoms with Crippen LogP contribution >= 0.6 is 15.9 Å². The zero-order chi connectivity index (χ0) is 15.4. The fourth-order valence-corrected chi connectivity index (χ4v) is 1.90. The first-order chi connectivity index (χ1) is 9.54. The lowest BCUT2D eigenvalue weighted by molar-refractivity contribution is -0.145. The number of carbonyl (C=O) groups excluding carboxylic acids is 3. The molecule has 0 fully saturated rings. The number of hydrogen-bond acceptors (Lipinski definition) is 5. The molecule has 0 rings (SSSR count). The van der Waals surface area contributed by atoms with Gasteiger partial charge in [0.1, 0.15) is 6.04 Å². The minimum atomic E-state index is -0.797. The van der Waals surface area contributed by atoms with Crippen molar-refractivity contribution in [2.75, 3.05) is 18.5 Å². The first-order valence-electron chi connectivity index (χ1n) is 6.30. The van der Waals surface area contributed by atoms with Gasteiger partial charge in [-0.3, -0.25) is 9.59 Å². The van der Waals surface area contributed by atoms with Crippen molar-refractivity contribution >= 4 is 34.3 Å². The number of allylic oxidation sites excluding steroid dienone is 1. The van der Waals surface area contributed by atoms with E-state index in [-0.39, 0.29) is 12.6 Å². The number of halogens is 1. The van der Waals surface area contributed by atoms with Gasteiger partial charge in [0.2, 0.25) is 6.41 Å². The van der Waals surface area contributed by atoms with Gasteiger partial charge in [0.15, 0.2) is 0 Å². The van der Waals surface area contributed by atoms with Gasteiger partial charge in [-0.15, -0.1) is 0 Å². The van der Waals surface area contributed by atoms with Crippen molar-refractivity contribution in [1.29, 1.82) is 0 Å². The molecule has 0 aromatic rings. The molecule has 0 aromatic carbocycles. The number of rotatable bonds is 10. The summed E-state index contributed by atoms with van der Waals surface area (Å²) in [6, 6.07) is -0.797. The topological polar surface area (TPSA) is 81.7 Å². The lowest BCUT2D eigenvalue weighted by Gasteiger charge is -2.13. The summed E-state index contributed by atoms with van der Waals surface area (Å²) in [5, 5.41) is 2.96. The highest BCUT2D eigenvalue weighted by Crippen LogP contribution is 2.10. The Hall–Kier alpha value is -1.37. The third-order valence-electron chi connectivity index (χ3n) is 2.31. The highest BCUT2D eigenvalue weighted by molar-refractivity contribution is 9.09. The smallest absolute Gasteiger partial charge is 0.332 e. The Morgan fingerprint density at radius 2 is 2.05 bits per heavy atom. The Morgan fingerprint density at radius 1 is 1.35 bits per heavy atom. The SMILES string of the molecule is CCOC(=O)C(/C=C(\CBr)CCCOC(C)=O)NC=O. The lowest BCUT2D eigenvalue weighted by Crippen LogP contribution is -2.36. The average Bonchev–Trinajstić information content (AvgIpc) is 2.41. The molecule has 0 aliphatic rings. The minimum absolute atomic E-state index is 0.250. The Balaban J connectivity index is 4.49.